The minimum absolute atomic E-state index is 0.417. The highest BCUT2D eigenvalue weighted by molar-refractivity contribution is 5.80. The lowest BCUT2D eigenvalue weighted by atomic mass is 10.2. The molecule has 0 aliphatic heterocycles. The fourth-order valence-corrected chi connectivity index (χ4v) is 1.51. The number of rotatable bonds is 6. The molecule has 104 valence electrons. The summed E-state index contributed by atoms with van der Waals surface area (Å²) in [7, 11) is 0. The maximum Gasteiger partial charge on any atom is 0.346 e. The van der Waals surface area contributed by atoms with Crippen molar-refractivity contribution in [3.8, 4) is 5.75 Å². The van der Waals surface area contributed by atoms with Crippen molar-refractivity contribution in [1.29, 1.82) is 0 Å². The van der Waals surface area contributed by atoms with E-state index in [0.29, 0.717) is 12.4 Å². The van der Waals surface area contributed by atoms with Crippen molar-refractivity contribution < 1.29 is 4.74 Å². The largest absolute Gasteiger partial charge is 0.494 e. The second-order valence-electron chi connectivity index (χ2n) is 4.08. The number of hydrogen-bond acceptors (Lipinski definition) is 5. The lowest BCUT2D eigenvalue weighted by molar-refractivity contribution is 0.317. The van der Waals surface area contributed by atoms with Crippen LogP contribution in [0.5, 0.6) is 5.75 Å². The van der Waals surface area contributed by atoms with Crippen LogP contribution in [-0.2, 0) is 0 Å². The minimum Gasteiger partial charge on any atom is -0.494 e. The van der Waals surface area contributed by atoms with Gasteiger partial charge in [-0.1, -0.05) is 19.1 Å². The summed E-state index contributed by atoms with van der Waals surface area (Å²) in [5, 5.41) is 4.05. The molecule has 1 aromatic carbocycles. The molecule has 0 spiro atoms. The first-order valence-corrected chi connectivity index (χ1v) is 6.35. The predicted molar refractivity (Wildman–Crippen MR) is 78.3 cm³/mol. The number of aromatic amines is 1. The molecule has 1 heterocycles. The number of hydrogen-bond donors (Lipinski definition) is 2. The Morgan fingerprint density at radius 3 is 3.15 bits per heavy atom. The lowest BCUT2D eigenvalue weighted by Gasteiger charge is -2.04. The smallest absolute Gasteiger partial charge is 0.346 e. The SMILES string of the molecule is CCCOc1cccc(C=NNc2ccnc(=O)[nH]2)c1. The number of benzene rings is 1. The molecule has 0 bridgehead atoms. The first kappa shape index (κ1) is 13.8. The molecule has 6 nitrogen and oxygen atoms in total. The van der Waals surface area contributed by atoms with Crippen molar-refractivity contribution in [3.05, 3.63) is 52.6 Å². The van der Waals surface area contributed by atoms with Crippen LogP contribution in [0.4, 0.5) is 5.82 Å². The van der Waals surface area contributed by atoms with E-state index in [1.807, 2.05) is 24.3 Å². The Balaban J connectivity index is 1.98. The molecule has 0 fully saturated rings. The molecule has 0 aliphatic carbocycles. The van der Waals surface area contributed by atoms with E-state index < -0.39 is 5.69 Å². The van der Waals surface area contributed by atoms with Crippen LogP contribution >= 0.6 is 0 Å². The highest BCUT2D eigenvalue weighted by Crippen LogP contribution is 2.12. The van der Waals surface area contributed by atoms with E-state index in [0.717, 1.165) is 17.7 Å². The van der Waals surface area contributed by atoms with Crippen LogP contribution in [-0.4, -0.2) is 22.8 Å². The average molecular weight is 272 g/mol. The van der Waals surface area contributed by atoms with Gasteiger partial charge in [0, 0.05) is 6.20 Å². The number of H-pyrrole nitrogens is 1. The Morgan fingerprint density at radius 1 is 1.45 bits per heavy atom. The van der Waals surface area contributed by atoms with Crippen LogP contribution in [0.1, 0.15) is 18.9 Å². The van der Waals surface area contributed by atoms with Crippen LogP contribution in [0.15, 0.2) is 46.4 Å². The van der Waals surface area contributed by atoms with Gasteiger partial charge in [0.25, 0.3) is 0 Å². The molecule has 0 atom stereocenters. The third-order valence-electron chi connectivity index (χ3n) is 2.40. The molecule has 0 unspecified atom stereocenters. The fourth-order valence-electron chi connectivity index (χ4n) is 1.51. The number of aromatic nitrogens is 2. The van der Waals surface area contributed by atoms with Gasteiger partial charge in [0.1, 0.15) is 11.6 Å². The van der Waals surface area contributed by atoms with Crippen molar-refractivity contribution >= 4 is 12.0 Å². The third kappa shape index (κ3) is 4.24. The number of anilines is 1. The molecule has 0 amide bonds. The molecule has 2 N–H and O–H groups in total. The topological polar surface area (TPSA) is 79.4 Å². The predicted octanol–water partition coefficient (Wildman–Crippen LogP) is 2.00. The molecule has 20 heavy (non-hydrogen) atoms. The fraction of sp³-hybridized carbons (Fsp3) is 0.214. The molecule has 2 rings (SSSR count). The maximum atomic E-state index is 11.0. The van der Waals surface area contributed by atoms with Gasteiger partial charge in [-0.15, -0.1) is 0 Å². The van der Waals surface area contributed by atoms with Gasteiger partial charge in [0.05, 0.1) is 12.8 Å². The van der Waals surface area contributed by atoms with E-state index in [1.54, 1.807) is 12.3 Å². The average Bonchev–Trinajstić information content (AvgIpc) is 2.46. The minimum atomic E-state index is -0.417. The van der Waals surface area contributed by atoms with E-state index in [-0.39, 0.29) is 0 Å². The Bertz CT molecular complexity index is 637. The number of hydrazone groups is 1. The first-order valence-electron chi connectivity index (χ1n) is 6.35. The Labute approximate surface area is 116 Å². The Morgan fingerprint density at radius 2 is 2.35 bits per heavy atom. The molecular formula is C14H16N4O2. The summed E-state index contributed by atoms with van der Waals surface area (Å²) in [5.74, 6) is 1.30. The van der Waals surface area contributed by atoms with Crippen LogP contribution in [0.25, 0.3) is 0 Å². The van der Waals surface area contributed by atoms with Crippen molar-refractivity contribution in [2.24, 2.45) is 5.10 Å². The zero-order chi connectivity index (χ0) is 14.2. The summed E-state index contributed by atoms with van der Waals surface area (Å²) in [5.41, 5.74) is 3.22. The number of nitrogens with zero attached hydrogens (tertiary/aromatic N) is 2. The normalized spacial score (nSPS) is 10.7. The van der Waals surface area contributed by atoms with Crippen molar-refractivity contribution in [3.63, 3.8) is 0 Å². The van der Waals surface area contributed by atoms with Gasteiger partial charge in [0.15, 0.2) is 0 Å². The summed E-state index contributed by atoms with van der Waals surface area (Å²) in [6, 6.07) is 9.25. The highest BCUT2D eigenvalue weighted by Gasteiger charge is 1.94. The van der Waals surface area contributed by atoms with E-state index in [4.69, 9.17) is 4.74 Å². The van der Waals surface area contributed by atoms with Gasteiger partial charge in [-0.05, 0) is 30.2 Å². The van der Waals surface area contributed by atoms with Crippen LogP contribution in [0.2, 0.25) is 0 Å². The van der Waals surface area contributed by atoms with Crippen molar-refractivity contribution in [2.75, 3.05) is 12.0 Å². The lowest BCUT2D eigenvalue weighted by Crippen LogP contribution is -2.10. The zero-order valence-electron chi connectivity index (χ0n) is 11.2. The monoisotopic (exact) mass is 272 g/mol. The molecular weight excluding hydrogens is 256 g/mol. The van der Waals surface area contributed by atoms with Gasteiger partial charge in [0.2, 0.25) is 0 Å². The first-order chi connectivity index (χ1) is 9.78. The molecule has 0 aliphatic rings. The molecule has 2 aromatic rings. The van der Waals surface area contributed by atoms with Crippen molar-refractivity contribution in [1.82, 2.24) is 9.97 Å². The summed E-state index contributed by atoms with van der Waals surface area (Å²) in [6.45, 7) is 2.75. The molecule has 0 radical (unpaired) electrons. The van der Waals surface area contributed by atoms with E-state index in [1.165, 1.54) is 6.20 Å². The van der Waals surface area contributed by atoms with Gasteiger partial charge < -0.3 is 4.74 Å². The van der Waals surface area contributed by atoms with Gasteiger partial charge in [-0.25, -0.2) is 9.78 Å². The zero-order valence-corrected chi connectivity index (χ0v) is 11.2. The third-order valence-corrected chi connectivity index (χ3v) is 2.40. The van der Waals surface area contributed by atoms with E-state index in [9.17, 15) is 4.79 Å². The van der Waals surface area contributed by atoms with Crippen LogP contribution in [0.3, 0.4) is 0 Å². The van der Waals surface area contributed by atoms with E-state index >= 15 is 0 Å². The molecule has 0 saturated carbocycles. The van der Waals surface area contributed by atoms with Gasteiger partial charge in [-0.3, -0.25) is 10.4 Å². The summed E-state index contributed by atoms with van der Waals surface area (Å²) >= 11 is 0. The molecule has 6 heteroatoms. The van der Waals surface area contributed by atoms with Crippen molar-refractivity contribution in [2.45, 2.75) is 13.3 Å². The second-order valence-corrected chi connectivity index (χ2v) is 4.08. The highest BCUT2D eigenvalue weighted by atomic mass is 16.5. The summed E-state index contributed by atoms with van der Waals surface area (Å²) < 4.78 is 5.54. The Kier molecular flexibility index (Phi) is 4.88. The van der Waals surface area contributed by atoms with E-state index in [2.05, 4.69) is 27.4 Å². The van der Waals surface area contributed by atoms with Crippen LogP contribution < -0.4 is 15.9 Å². The van der Waals surface area contributed by atoms with Gasteiger partial charge >= 0.3 is 5.69 Å². The second kappa shape index (κ2) is 7.08. The quantitative estimate of drug-likeness (QED) is 0.622. The van der Waals surface area contributed by atoms with Gasteiger partial charge in [-0.2, -0.15) is 5.10 Å². The number of nitrogens with one attached hydrogen (secondary N) is 2. The van der Waals surface area contributed by atoms with Crippen LogP contribution in [0, 0.1) is 0 Å². The molecule has 1 aromatic heterocycles. The molecule has 0 saturated heterocycles. The number of ether oxygens (including phenoxy) is 1. The Hall–Kier alpha value is -2.63. The standard InChI is InChI=1S/C14H16N4O2/c1-2-8-20-12-5-3-4-11(9-12)10-16-18-13-6-7-15-14(19)17-13/h3-7,9-10H,2,8H2,1H3,(H2,15,17,18,19). The summed E-state index contributed by atoms with van der Waals surface area (Å²) in [6.07, 6.45) is 4.03. The summed E-state index contributed by atoms with van der Waals surface area (Å²) in [4.78, 5) is 17.0. The maximum absolute atomic E-state index is 11.0.